The molecule has 0 fully saturated rings. The van der Waals surface area contributed by atoms with Gasteiger partial charge in [-0.1, -0.05) is 105 Å². The average Bonchev–Trinajstić information content (AvgIpc) is 2.48. The summed E-state index contributed by atoms with van der Waals surface area (Å²) in [6.45, 7) is 9.02. The Morgan fingerprint density at radius 1 is 0.375 bits per heavy atom. The Bertz CT molecular complexity index is 139. The van der Waals surface area contributed by atoms with E-state index in [1.807, 2.05) is 0 Å². The fraction of sp³-hybridized carbons (Fsp3) is 1.00. The molecule has 6 nitrogen and oxygen atoms in total. The highest BCUT2D eigenvalue weighted by Crippen LogP contribution is 2.12. The van der Waals surface area contributed by atoms with Gasteiger partial charge in [-0.3, -0.25) is 0 Å². The van der Waals surface area contributed by atoms with E-state index >= 15 is 0 Å². The molecule has 6 N–H and O–H groups in total. The summed E-state index contributed by atoms with van der Waals surface area (Å²) in [6, 6.07) is 0. The highest BCUT2D eigenvalue weighted by molar-refractivity contribution is 7.38. The van der Waals surface area contributed by atoms with Crippen LogP contribution in [0.4, 0.5) is 0 Å². The van der Waals surface area contributed by atoms with Crippen molar-refractivity contribution in [1.29, 1.82) is 0 Å². The number of rotatable bonds is 10. The summed E-state index contributed by atoms with van der Waals surface area (Å²) in [5.74, 6) is 0. The Balaban J connectivity index is -0.000000117. The third-order valence-corrected chi connectivity index (χ3v) is 2.91. The van der Waals surface area contributed by atoms with Crippen LogP contribution >= 0.6 is 17.2 Å². The molecule has 0 aliphatic carbocycles. The molecule has 0 atom stereocenters. The summed E-state index contributed by atoms with van der Waals surface area (Å²) >= 11 is 0. The smallest absolute Gasteiger partial charge is 0.324 e. The normalized spacial score (nSPS) is 9.50. The topological polar surface area (TPSA) is 121 Å². The quantitative estimate of drug-likeness (QED) is 0.227. The Morgan fingerprint density at radius 2 is 0.500 bits per heavy atom. The van der Waals surface area contributed by atoms with Gasteiger partial charge in [-0.25, -0.2) is 0 Å². The molecule has 0 rings (SSSR count). The van der Waals surface area contributed by atoms with Gasteiger partial charge in [0.1, 0.15) is 0 Å². The maximum atomic E-state index is 7.23. The minimum atomic E-state index is -2.62. The summed E-state index contributed by atoms with van der Waals surface area (Å²) in [6.07, 6.45) is 17.0. The first kappa shape index (κ1) is 32.3. The van der Waals surface area contributed by atoms with Crippen molar-refractivity contribution >= 4 is 17.2 Å². The molecule has 0 saturated carbocycles. The SMILES string of the molecule is CCCCCCCC.CCCCCCCC.OP(O)O.OP(O)O. The fourth-order valence-electron chi connectivity index (χ4n) is 1.71. The second-order valence-electron chi connectivity index (χ2n) is 5.37. The number of unbranched alkanes of at least 4 members (excludes halogenated alkanes) is 10. The summed E-state index contributed by atoms with van der Waals surface area (Å²) in [7, 11) is -5.24. The first-order valence-electron chi connectivity index (χ1n) is 9.03. The molecule has 0 heterocycles. The van der Waals surface area contributed by atoms with Gasteiger partial charge in [-0.05, 0) is 0 Å². The molecule has 152 valence electrons. The second-order valence-corrected chi connectivity index (χ2v) is 6.44. The fourth-order valence-corrected chi connectivity index (χ4v) is 1.71. The molecular weight excluding hydrogens is 350 g/mol. The van der Waals surface area contributed by atoms with Crippen LogP contribution in [-0.4, -0.2) is 29.4 Å². The lowest BCUT2D eigenvalue weighted by atomic mass is 10.1. The van der Waals surface area contributed by atoms with Gasteiger partial charge < -0.3 is 29.4 Å². The zero-order chi connectivity index (χ0) is 19.6. The largest absolute Gasteiger partial charge is 0.328 e. The van der Waals surface area contributed by atoms with E-state index in [0.717, 1.165) is 0 Å². The van der Waals surface area contributed by atoms with E-state index in [0.29, 0.717) is 0 Å². The van der Waals surface area contributed by atoms with Crippen LogP contribution in [0.25, 0.3) is 0 Å². The van der Waals surface area contributed by atoms with Crippen LogP contribution in [0.5, 0.6) is 0 Å². The van der Waals surface area contributed by atoms with Gasteiger partial charge in [0.05, 0.1) is 0 Å². The first-order valence-corrected chi connectivity index (χ1v) is 11.4. The van der Waals surface area contributed by atoms with Crippen molar-refractivity contribution in [3.05, 3.63) is 0 Å². The lowest BCUT2D eigenvalue weighted by molar-refractivity contribution is 0.366. The average molecular weight is 392 g/mol. The van der Waals surface area contributed by atoms with E-state index in [1.165, 1.54) is 77.0 Å². The molecule has 0 aromatic heterocycles. The molecule has 0 saturated heterocycles. The molecule has 0 aliphatic rings. The van der Waals surface area contributed by atoms with Gasteiger partial charge in [-0.15, -0.1) is 0 Å². The molecule has 8 heteroatoms. The minimum Gasteiger partial charge on any atom is -0.328 e. The van der Waals surface area contributed by atoms with E-state index in [2.05, 4.69) is 27.7 Å². The maximum absolute atomic E-state index is 7.23. The maximum Gasteiger partial charge on any atom is 0.324 e. The first-order chi connectivity index (χ1) is 11.3. The van der Waals surface area contributed by atoms with E-state index in [1.54, 1.807) is 0 Å². The van der Waals surface area contributed by atoms with Crippen molar-refractivity contribution < 1.29 is 29.4 Å². The molecule has 0 aromatic rings. The van der Waals surface area contributed by atoms with Crippen molar-refractivity contribution in [3.8, 4) is 0 Å². The van der Waals surface area contributed by atoms with Crippen molar-refractivity contribution in [2.45, 2.75) is 105 Å². The van der Waals surface area contributed by atoms with Crippen LogP contribution in [0.3, 0.4) is 0 Å². The Labute approximate surface area is 152 Å². The molecule has 0 spiro atoms. The number of hydrogen-bond acceptors (Lipinski definition) is 6. The third-order valence-electron chi connectivity index (χ3n) is 2.91. The van der Waals surface area contributed by atoms with Gasteiger partial charge in [0.25, 0.3) is 0 Å². The van der Waals surface area contributed by atoms with Crippen LogP contribution < -0.4 is 0 Å². The molecule has 0 bridgehead atoms. The minimum absolute atomic E-state index is 1.36. The monoisotopic (exact) mass is 392 g/mol. The van der Waals surface area contributed by atoms with Crippen LogP contribution in [0, 0.1) is 0 Å². The zero-order valence-corrected chi connectivity index (χ0v) is 17.9. The standard InChI is InChI=1S/2C8H18.2H3O3P/c2*1-3-5-7-8-6-4-2;2*1-4(2)3/h2*3-8H2,1-2H3;2*1-3H. The summed E-state index contributed by atoms with van der Waals surface area (Å²) in [5.41, 5.74) is 0. The highest BCUT2D eigenvalue weighted by atomic mass is 31.2. The van der Waals surface area contributed by atoms with Crippen LogP contribution in [0.15, 0.2) is 0 Å². The van der Waals surface area contributed by atoms with Crippen molar-refractivity contribution in [2.75, 3.05) is 0 Å². The highest BCUT2D eigenvalue weighted by Gasteiger charge is 1.84. The molecule has 0 aromatic carbocycles. The Kier molecular flexibility index (Phi) is 46.9. The predicted octanol–water partition coefficient (Wildman–Crippen LogP) is 5.11. The van der Waals surface area contributed by atoms with E-state index in [-0.39, 0.29) is 0 Å². The van der Waals surface area contributed by atoms with Crippen molar-refractivity contribution in [3.63, 3.8) is 0 Å². The molecule has 0 unspecified atom stereocenters. The summed E-state index contributed by atoms with van der Waals surface area (Å²) in [5, 5.41) is 0. The molecule has 0 aliphatic heterocycles. The van der Waals surface area contributed by atoms with Crippen molar-refractivity contribution in [2.24, 2.45) is 0 Å². The van der Waals surface area contributed by atoms with Gasteiger partial charge in [0, 0.05) is 0 Å². The molecule has 0 radical (unpaired) electrons. The van der Waals surface area contributed by atoms with E-state index in [4.69, 9.17) is 29.4 Å². The van der Waals surface area contributed by atoms with E-state index in [9.17, 15) is 0 Å². The van der Waals surface area contributed by atoms with Crippen LogP contribution in [0.2, 0.25) is 0 Å². The van der Waals surface area contributed by atoms with Gasteiger partial charge >= 0.3 is 17.2 Å². The molecular formula is C16H42O6P2. The Morgan fingerprint density at radius 3 is 0.583 bits per heavy atom. The zero-order valence-electron chi connectivity index (χ0n) is 16.1. The summed E-state index contributed by atoms with van der Waals surface area (Å²) in [4.78, 5) is 43.4. The van der Waals surface area contributed by atoms with Crippen LogP contribution in [-0.2, 0) is 0 Å². The predicted molar refractivity (Wildman–Crippen MR) is 105 cm³/mol. The van der Waals surface area contributed by atoms with Crippen molar-refractivity contribution in [1.82, 2.24) is 0 Å². The van der Waals surface area contributed by atoms with Gasteiger partial charge in [0.2, 0.25) is 0 Å². The third kappa shape index (κ3) is 93.7. The van der Waals surface area contributed by atoms with Crippen LogP contribution in [0.1, 0.15) is 105 Å². The number of hydrogen-bond donors (Lipinski definition) is 6. The van der Waals surface area contributed by atoms with Gasteiger partial charge in [0.15, 0.2) is 0 Å². The second kappa shape index (κ2) is 34.9. The molecule has 0 amide bonds. The molecule has 24 heavy (non-hydrogen) atoms. The van der Waals surface area contributed by atoms with Gasteiger partial charge in [-0.2, -0.15) is 0 Å². The lowest BCUT2D eigenvalue weighted by Crippen LogP contribution is -1.73. The van der Waals surface area contributed by atoms with E-state index < -0.39 is 17.2 Å². The Hall–Kier alpha value is 0.620. The summed E-state index contributed by atoms with van der Waals surface area (Å²) < 4.78 is 0. The lowest BCUT2D eigenvalue weighted by Gasteiger charge is -1.93.